The van der Waals surface area contributed by atoms with Gasteiger partial charge in [0.25, 0.3) is 0 Å². The van der Waals surface area contributed by atoms with Gasteiger partial charge in [-0.15, -0.1) is 6.58 Å². The summed E-state index contributed by atoms with van der Waals surface area (Å²) < 4.78 is 0.782. The molecule has 0 aromatic heterocycles. The quantitative estimate of drug-likeness (QED) is 0.737. The predicted octanol–water partition coefficient (Wildman–Crippen LogP) is 4.44. The van der Waals surface area contributed by atoms with Crippen molar-refractivity contribution in [2.45, 2.75) is 27.2 Å². The van der Waals surface area contributed by atoms with Crippen molar-refractivity contribution in [3.05, 3.63) is 40.4 Å². The smallest absolute Gasteiger partial charge is 0.130 e. The first kappa shape index (κ1) is 13.2. The lowest BCUT2D eigenvalue weighted by Gasteiger charge is -1.97. The number of benzene rings is 1. The van der Waals surface area contributed by atoms with Gasteiger partial charge in [-0.05, 0) is 47.8 Å². The van der Waals surface area contributed by atoms with E-state index in [2.05, 4.69) is 29.4 Å². The second-order valence-corrected chi connectivity index (χ2v) is 4.01. The first-order chi connectivity index (χ1) is 6.49. The van der Waals surface area contributed by atoms with Gasteiger partial charge in [0.15, 0.2) is 0 Å². The van der Waals surface area contributed by atoms with Crippen molar-refractivity contribution in [3.63, 3.8) is 0 Å². The van der Waals surface area contributed by atoms with Crippen LogP contribution in [0.4, 0.5) is 0 Å². The van der Waals surface area contributed by atoms with Gasteiger partial charge in [0.2, 0.25) is 0 Å². The van der Waals surface area contributed by atoms with Crippen LogP contribution in [0.1, 0.15) is 25.8 Å². The summed E-state index contributed by atoms with van der Waals surface area (Å²) in [6.07, 6.45) is 1.11. The second-order valence-electron chi connectivity index (χ2n) is 3.22. The first-order valence-electron chi connectivity index (χ1n) is 4.57. The summed E-state index contributed by atoms with van der Waals surface area (Å²) in [6, 6.07) is 5.40. The fourth-order valence-corrected chi connectivity index (χ4v) is 0.896. The Kier molecular flexibility index (Phi) is 6.30. The average Bonchev–Trinajstić information content (AvgIpc) is 2.15. The molecule has 2 heteroatoms. The van der Waals surface area contributed by atoms with Crippen LogP contribution in [0.2, 0.25) is 0 Å². The van der Waals surface area contributed by atoms with E-state index in [0.717, 1.165) is 16.5 Å². The van der Waals surface area contributed by atoms with Crippen molar-refractivity contribution in [2.24, 2.45) is 0 Å². The fourth-order valence-electron chi connectivity index (χ4n) is 0.632. The van der Waals surface area contributed by atoms with Crippen molar-refractivity contribution < 1.29 is 5.11 Å². The van der Waals surface area contributed by atoms with Gasteiger partial charge in [-0.25, -0.2) is 0 Å². The van der Waals surface area contributed by atoms with Crippen LogP contribution in [0.5, 0.6) is 5.75 Å². The van der Waals surface area contributed by atoms with Crippen molar-refractivity contribution in [3.8, 4) is 5.75 Å². The normalized spacial score (nSPS) is 8.86. The molecule has 0 aliphatic carbocycles. The standard InChI is InChI=1S/C7H7BrO.C5H10/c1-5-3-2-4-6(9)7(5)8;1-4-5(2)3/h2-4,9H,1H3;2,4H2,1,3H3. The van der Waals surface area contributed by atoms with Gasteiger partial charge >= 0.3 is 0 Å². The van der Waals surface area contributed by atoms with E-state index in [9.17, 15) is 0 Å². The monoisotopic (exact) mass is 256 g/mol. The summed E-state index contributed by atoms with van der Waals surface area (Å²) in [6.45, 7) is 9.74. The summed E-state index contributed by atoms with van der Waals surface area (Å²) in [5.41, 5.74) is 2.31. The molecule has 0 saturated carbocycles. The van der Waals surface area contributed by atoms with E-state index in [1.165, 1.54) is 5.57 Å². The number of hydrogen-bond donors (Lipinski definition) is 1. The molecule has 14 heavy (non-hydrogen) atoms. The van der Waals surface area contributed by atoms with Gasteiger partial charge in [0.05, 0.1) is 4.47 Å². The zero-order valence-corrected chi connectivity index (χ0v) is 10.6. The van der Waals surface area contributed by atoms with Crippen LogP contribution in [0.15, 0.2) is 34.8 Å². The molecule has 0 aliphatic heterocycles. The highest BCUT2D eigenvalue weighted by molar-refractivity contribution is 9.10. The number of allylic oxidation sites excluding steroid dienone is 1. The van der Waals surface area contributed by atoms with E-state index in [0.29, 0.717) is 5.75 Å². The number of aryl methyl sites for hydroxylation is 1. The summed E-state index contributed by atoms with van der Waals surface area (Å²) >= 11 is 3.23. The van der Waals surface area contributed by atoms with Crippen LogP contribution in [0.3, 0.4) is 0 Å². The maximum Gasteiger partial charge on any atom is 0.130 e. The van der Waals surface area contributed by atoms with E-state index in [4.69, 9.17) is 5.11 Å². The molecule has 0 bridgehead atoms. The molecule has 0 spiro atoms. The molecule has 0 amide bonds. The molecule has 0 radical (unpaired) electrons. The minimum atomic E-state index is 0.301. The lowest BCUT2D eigenvalue weighted by molar-refractivity contribution is 0.471. The highest BCUT2D eigenvalue weighted by Gasteiger charge is 1.96. The third kappa shape index (κ3) is 5.07. The van der Waals surface area contributed by atoms with Crippen molar-refractivity contribution >= 4 is 15.9 Å². The van der Waals surface area contributed by atoms with Gasteiger partial charge < -0.3 is 5.11 Å². The molecule has 0 heterocycles. The molecule has 1 N–H and O–H groups in total. The Bertz CT molecular complexity index is 285. The maximum absolute atomic E-state index is 9.05. The summed E-state index contributed by atoms with van der Waals surface area (Å²) in [5.74, 6) is 0.301. The molecule has 1 nitrogen and oxygen atoms in total. The summed E-state index contributed by atoms with van der Waals surface area (Å²) in [7, 11) is 0. The zero-order chi connectivity index (χ0) is 11.1. The SMILES string of the molecule is C=C(C)CC.Cc1cccc(O)c1Br. The number of halogens is 1. The van der Waals surface area contributed by atoms with E-state index < -0.39 is 0 Å². The van der Waals surface area contributed by atoms with Gasteiger partial charge in [-0.2, -0.15) is 0 Å². The maximum atomic E-state index is 9.05. The molecule has 0 unspecified atom stereocenters. The topological polar surface area (TPSA) is 20.2 Å². The molecular formula is C12H17BrO. The van der Waals surface area contributed by atoms with Crippen molar-refractivity contribution in [1.82, 2.24) is 0 Å². The van der Waals surface area contributed by atoms with Crippen LogP contribution in [-0.4, -0.2) is 5.11 Å². The Hall–Kier alpha value is -0.760. The average molecular weight is 257 g/mol. The molecule has 78 valence electrons. The van der Waals surface area contributed by atoms with Crippen LogP contribution in [-0.2, 0) is 0 Å². The third-order valence-electron chi connectivity index (χ3n) is 1.77. The van der Waals surface area contributed by atoms with Gasteiger partial charge in [0, 0.05) is 0 Å². The fraction of sp³-hybridized carbons (Fsp3) is 0.333. The van der Waals surface area contributed by atoms with E-state index in [1.807, 2.05) is 26.0 Å². The van der Waals surface area contributed by atoms with E-state index in [1.54, 1.807) is 6.07 Å². The van der Waals surface area contributed by atoms with Crippen LogP contribution >= 0.6 is 15.9 Å². The molecule has 0 saturated heterocycles. The molecule has 1 rings (SSSR count). The lowest BCUT2D eigenvalue weighted by atomic mass is 10.2. The van der Waals surface area contributed by atoms with Crippen LogP contribution < -0.4 is 0 Å². The van der Waals surface area contributed by atoms with Crippen molar-refractivity contribution in [2.75, 3.05) is 0 Å². The van der Waals surface area contributed by atoms with Gasteiger partial charge in [0.1, 0.15) is 5.75 Å². The number of phenols is 1. The Morgan fingerprint density at radius 1 is 1.50 bits per heavy atom. The van der Waals surface area contributed by atoms with Crippen LogP contribution in [0.25, 0.3) is 0 Å². The number of aromatic hydroxyl groups is 1. The number of phenolic OH excluding ortho intramolecular Hbond substituents is 1. The summed E-state index contributed by atoms with van der Waals surface area (Å²) in [5, 5.41) is 9.05. The largest absolute Gasteiger partial charge is 0.507 e. The molecule has 0 fully saturated rings. The second kappa shape index (κ2) is 6.66. The minimum Gasteiger partial charge on any atom is -0.507 e. The van der Waals surface area contributed by atoms with Gasteiger partial charge in [-0.3, -0.25) is 0 Å². The van der Waals surface area contributed by atoms with Crippen molar-refractivity contribution in [1.29, 1.82) is 0 Å². The lowest BCUT2D eigenvalue weighted by Crippen LogP contribution is -1.73. The molecule has 0 atom stereocenters. The molecular weight excluding hydrogens is 240 g/mol. The summed E-state index contributed by atoms with van der Waals surface area (Å²) in [4.78, 5) is 0. The molecule has 0 aliphatic rings. The third-order valence-corrected chi connectivity index (χ3v) is 2.81. The predicted molar refractivity (Wildman–Crippen MR) is 65.6 cm³/mol. The highest BCUT2D eigenvalue weighted by Crippen LogP contribution is 2.25. The first-order valence-corrected chi connectivity index (χ1v) is 5.36. The van der Waals surface area contributed by atoms with E-state index >= 15 is 0 Å². The Morgan fingerprint density at radius 2 is 2.00 bits per heavy atom. The molecule has 1 aromatic carbocycles. The number of rotatable bonds is 1. The Morgan fingerprint density at radius 3 is 2.29 bits per heavy atom. The Labute approximate surface area is 94.6 Å². The van der Waals surface area contributed by atoms with Crippen LogP contribution in [0, 0.1) is 6.92 Å². The number of hydrogen-bond acceptors (Lipinski definition) is 1. The Balaban J connectivity index is 0.000000292. The van der Waals surface area contributed by atoms with Gasteiger partial charge in [-0.1, -0.05) is 24.6 Å². The minimum absolute atomic E-state index is 0.301. The zero-order valence-electron chi connectivity index (χ0n) is 8.97. The highest BCUT2D eigenvalue weighted by atomic mass is 79.9. The van der Waals surface area contributed by atoms with E-state index in [-0.39, 0.29) is 0 Å². The molecule has 1 aromatic rings.